The molecule has 0 spiro atoms. The smallest absolute Gasteiger partial charge is 0.231 e. The van der Waals surface area contributed by atoms with Gasteiger partial charge in [0.05, 0.1) is 11.7 Å². The summed E-state index contributed by atoms with van der Waals surface area (Å²) < 4.78 is 11.0. The predicted octanol–water partition coefficient (Wildman–Crippen LogP) is 2.16. The maximum absolute atomic E-state index is 5.56. The molecule has 3 aliphatic heterocycles. The first-order valence-corrected chi connectivity index (χ1v) is 9.32. The second kappa shape index (κ2) is 6.54. The van der Waals surface area contributed by atoms with Gasteiger partial charge in [0.15, 0.2) is 11.5 Å². The minimum absolute atomic E-state index is 0.280. The van der Waals surface area contributed by atoms with E-state index < -0.39 is 0 Å². The van der Waals surface area contributed by atoms with Crippen molar-refractivity contribution in [2.45, 2.75) is 32.0 Å². The van der Waals surface area contributed by atoms with Gasteiger partial charge in [-0.1, -0.05) is 12.1 Å². The fraction of sp³-hybridized carbons (Fsp3) is 0.450. The molecule has 4 heterocycles. The summed E-state index contributed by atoms with van der Waals surface area (Å²) in [6.07, 6.45) is 1.14. The molecule has 3 atom stereocenters. The van der Waals surface area contributed by atoms with Crippen LogP contribution in [-0.4, -0.2) is 35.8 Å². The summed E-state index contributed by atoms with van der Waals surface area (Å²) in [4.78, 5) is 7.19. The van der Waals surface area contributed by atoms with Crippen molar-refractivity contribution in [3.63, 3.8) is 0 Å². The summed E-state index contributed by atoms with van der Waals surface area (Å²) in [6.45, 7) is 5.44. The Morgan fingerprint density at radius 3 is 3.00 bits per heavy atom. The zero-order valence-electron chi connectivity index (χ0n) is 14.9. The largest absolute Gasteiger partial charge is 0.454 e. The Balaban J connectivity index is 1.33. The number of aromatic nitrogens is 1. The summed E-state index contributed by atoms with van der Waals surface area (Å²) in [5, 5.41) is 0. The number of nitrogens with one attached hydrogen (secondary N) is 2. The molecular formula is C20H24N4O2. The van der Waals surface area contributed by atoms with Gasteiger partial charge < -0.3 is 9.47 Å². The Morgan fingerprint density at radius 2 is 2.08 bits per heavy atom. The van der Waals surface area contributed by atoms with Crippen LogP contribution < -0.4 is 20.3 Å². The molecule has 2 aromatic rings. The molecule has 136 valence electrons. The molecule has 6 nitrogen and oxygen atoms in total. The number of likely N-dealkylation sites (tertiary alicyclic amines) is 1. The van der Waals surface area contributed by atoms with Crippen LogP contribution in [0.15, 0.2) is 36.4 Å². The number of fused-ring (bicyclic) bond motifs is 2. The van der Waals surface area contributed by atoms with E-state index in [1.54, 1.807) is 0 Å². The van der Waals surface area contributed by atoms with E-state index in [4.69, 9.17) is 9.47 Å². The normalized spacial score (nSPS) is 27.5. The van der Waals surface area contributed by atoms with Crippen molar-refractivity contribution in [2.24, 2.45) is 5.92 Å². The number of piperidine rings is 1. The number of benzene rings is 1. The minimum Gasteiger partial charge on any atom is -0.454 e. The molecule has 3 aliphatic rings. The van der Waals surface area contributed by atoms with Crippen LogP contribution in [-0.2, 0) is 6.54 Å². The van der Waals surface area contributed by atoms with Gasteiger partial charge in [-0.05, 0) is 43.2 Å². The SMILES string of the molecule is Cc1cccc(CN2CCC3NNC(c4ccc5c(c4)OCO5)C3C2)n1. The third-order valence-corrected chi connectivity index (χ3v) is 5.68. The van der Waals surface area contributed by atoms with Crippen molar-refractivity contribution in [3.05, 3.63) is 53.3 Å². The Labute approximate surface area is 153 Å². The van der Waals surface area contributed by atoms with Gasteiger partial charge >= 0.3 is 0 Å². The second-order valence-electron chi connectivity index (χ2n) is 7.44. The van der Waals surface area contributed by atoms with Crippen LogP contribution in [0.1, 0.15) is 29.4 Å². The minimum atomic E-state index is 0.280. The van der Waals surface area contributed by atoms with Gasteiger partial charge in [0.1, 0.15) is 0 Å². The predicted molar refractivity (Wildman–Crippen MR) is 97.7 cm³/mol. The first-order chi connectivity index (χ1) is 12.8. The van der Waals surface area contributed by atoms with E-state index in [0.29, 0.717) is 18.8 Å². The number of aryl methyl sites for hydroxylation is 1. The molecule has 3 unspecified atom stereocenters. The zero-order valence-corrected chi connectivity index (χ0v) is 14.9. The lowest BCUT2D eigenvalue weighted by Gasteiger charge is -2.36. The van der Waals surface area contributed by atoms with Crippen LogP contribution in [0.2, 0.25) is 0 Å². The maximum Gasteiger partial charge on any atom is 0.231 e. The van der Waals surface area contributed by atoms with Gasteiger partial charge in [0.2, 0.25) is 6.79 Å². The number of hydrazine groups is 1. The molecule has 5 rings (SSSR count). The number of rotatable bonds is 3. The number of hydrogen-bond donors (Lipinski definition) is 2. The molecule has 26 heavy (non-hydrogen) atoms. The highest BCUT2D eigenvalue weighted by molar-refractivity contribution is 5.45. The fourth-order valence-electron chi connectivity index (χ4n) is 4.37. The van der Waals surface area contributed by atoms with E-state index in [1.807, 2.05) is 6.07 Å². The Bertz CT molecular complexity index is 812. The quantitative estimate of drug-likeness (QED) is 0.883. The van der Waals surface area contributed by atoms with Crippen LogP contribution in [0.25, 0.3) is 0 Å². The number of pyridine rings is 1. The average Bonchev–Trinajstić information content (AvgIpc) is 3.27. The lowest BCUT2D eigenvalue weighted by molar-refractivity contribution is 0.146. The molecule has 0 saturated carbocycles. The second-order valence-corrected chi connectivity index (χ2v) is 7.44. The number of hydrogen-bond acceptors (Lipinski definition) is 6. The Hall–Kier alpha value is -2.15. The van der Waals surface area contributed by atoms with Gasteiger partial charge in [-0.25, -0.2) is 5.43 Å². The van der Waals surface area contributed by atoms with Crippen molar-refractivity contribution in [1.82, 2.24) is 20.7 Å². The van der Waals surface area contributed by atoms with E-state index in [0.717, 1.165) is 48.9 Å². The molecule has 2 fully saturated rings. The van der Waals surface area contributed by atoms with Crippen molar-refractivity contribution in [1.29, 1.82) is 0 Å². The van der Waals surface area contributed by atoms with Gasteiger partial charge in [-0.3, -0.25) is 15.3 Å². The molecule has 0 bridgehead atoms. The first kappa shape index (κ1) is 16.1. The molecule has 1 aromatic heterocycles. The monoisotopic (exact) mass is 352 g/mol. The van der Waals surface area contributed by atoms with E-state index in [1.165, 1.54) is 5.56 Å². The Morgan fingerprint density at radius 1 is 1.15 bits per heavy atom. The molecule has 2 saturated heterocycles. The highest BCUT2D eigenvalue weighted by Gasteiger charge is 2.40. The van der Waals surface area contributed by atoms with E-state index in [9.17, 15) is 0 Å². The highest BCUT2D eigenvalue weighted by Crippen LogP contribution is 2.39. The molecule has 0 radical (unpaired) electrons. The van der Waals surface area contributed by atoms with Crippen molar-refractivity contribution in [3.8, 4) is 11.5 Å². The van der Waals surface area contributed by atoms with Crippen LogP contribution in [0.3, 0.4) is 0 Å². The summed E-state index contributed by atoms with van der Waals surface area (Å²) >= 11 is 0. The standard InChI is InChI=1S/C20H24N4O2/c1-13-3-2-4-15(21-13)10-24-8-7-17-16(11-24)20(23-22-17)14-5-6-18-19(9-14)26-12-25-18/h2-6,9,16-17,20,22-23H,7-8,10-12H2,1H3. The Kier molecular flexibility index (Phi) is 4.04. The molecular weight excluding hydrogens is 328 g/mol. The van der Waals surface area contributed by atoms with Crippen molar-refractivity contribution in [2.75, 3.05) is 19.9 Å². The summed E-state index contributed by atoms with van der Waals surface area (Å²) in [7, 11) is 0. The van der Waals surface area contributed by atoms with Crippen LogP contribution in [0.5, 0.6) is 11.5 Å². The van der Waals surface area contributed by atoms with Gasteiger partial charge in [-0.2, -0.15) is 0 Å². The van der Waals surface area contributed by atoms with E-state index in [-0.39, 0.29) is 6.04 Å². The highest BCUT2D eigenvalue weighted by atomic mass is 16.7. The number of nitrogens with zero attached hydrogens (tertiary/aromatic N) is 2. The third kappa shape index (κ3) is 2.94. The molecule has 0 amide bonds. The van der Waals surface area contributed by atoms with Crippen LogP contribution in [0, 0.1) is 12.8 Å². The molecule has 6 heteroatoms. The topological polar surface area (TPSA) is 58.7 Å². The third-order valence-electron chi connectivity index (χ3n) is 5.68. The van der Waals surface area contributed by atoms with Crippen LogP contribution in [0.4, 0.5) is 0 Å². The van der Waals surface area contributed by atoms with Crippen LogP contribution >= 0.6 is 0 Å². The first-order valence-electron chi connectivity index (χ1n) is 9.32. The van der Waals surface area contributed by atoms with Gasteiger partial charge in [0, 0.05) is 37.3 Å². The summed E-state index contributed by atoms with van der Waals surface area (Å²) in [6, 6.07) is 13.3. The summed E-state index contributed by atoms with van der Waals surface area (Å²) in [5.74, 6) is 2.21. The average molecular weight is 352 g/mol. The summed E-state index contributed by atoms with van der Waals surface area (Å²) in [5.41, 5.74) is 10.5. The van der Waals surface area contributed by atoms with E-state index >= 15 is 0 Å². The lowest BCUT2D eigenvalue weighted by atomic mass is 9.85. The van der Waals surface area contributed by atoms with Gasteiger partial charge in [0.25, 0.3) is 0 Å². The molecule has 2 N–H and O–H groups in total. The van der Waals surface area contributed by atoms with E-state index in [2.05, 4.69) is 58.0 Å². The number of ether oxygens (including phenoxy) is 2. The lowest BCUT2D eigenvalue weighted by Crippen LogP contribution is -2.45. The van der Waals surface area contributed by atoms with Gasteiger partial charge in [-0.15, -0.1) is 0 Å². The zero-order chi connectivity index (χ0) is 17.5. The van der Waals surface area contributed by atoms with Crippen molar-refractivity contribution < 1.29 is 9.47 Å². The molecule has 1 aromatic carbocycles. The fourth-order valence-corrected chi connectivity index (χ4v) is 4.37. The molecule has 0 aliphatic carbocycles. The maximum atomic E-state index is 5.56. The van der Waals surface area contributed by atoms with Crippen molar-refractivity contribution >= 4 is 0 Å².